The minimum atomic E-state index is -0.442. The van der Waals surface area contributed by atoms with Gasteiger partial charge in [0.25, 0.3) is 0 Å². The Bertz CT molecular complexity index is 1500. The highest BCUT2D eigenvalue weighted by molar-refractivity contribution is 14.1. The molecule has 0 aliphatic rings. The summed E-state index contributed by atoms with van der Waals surface area (Å²) in [5.41, 5.74) is 6.18. The molecule has 2 aromatic carbocycles. The molecule has 10 heteroatoms. The van der Waals surface area contributed by atoms with E-state index in [0.29, 0.717) is 16.4 Å². The van der Waals surface area contributed by atoms with Gasteiger partial charge in [-0.25, -0.2) is 10.4 Å². The quantitative estimate of drug-likeness (QED) is 0.133. The maximum Gasteiger partial charge on any atom is 0.307 e. The first-order chi connectivity index (χ1) is 15.4. The molecule has 0 radical (unpaired) electrons. The van der Waals surface area contributed by atoms with E-state index in [1.54, 1.807) is 12.1 Å². The molecule has 160 valence electrons. The summed E-state index contributed by atoms with van der Waals surface area (Å²) in [5.74, 6) is 0.245. The van der Waals surface area contributed by atoms with Gasteiger partial charge in [-0.05, 0) is 89.3 Å². The second kappa shape index (κ2) is 8.75. The smallest absolute Gasteiger partial charge is 0.307 e. The molecule has 5 aromatic rings. The van der Waals surface area contributed by atoms with Gasteiger partial charge in [0, 0.05) is 9.86 Å². The van der Waals surface area contributed by atoms with Crippen molar-refractivity contribution in [2.75, 3.05) is 0 Å². The third-order valence-corrected chi connectivity index (χ3v) is 6.60. The minimum absolute atomic E-state index is 0.184. The monoisotopic (exact) mass is 620 g/mol. The number of imidazole rings is 1. The third-order valence-electron chi connectivity index (χ3n) is 4.53. The molecule has 0 saturated carbocycles. The summed E-state index contributed by atoms with van der Waals surface area (Å²) in [6.45, 7) is 2.04. The van der Waals surface area contributed by atoms with Crippen molar-refractivity contribution in [3.8, 4) is 0 Å². The molecule has 3 aromatic heterocycles. The maximum absolute atomic E-state index is 12.4. The van der Waals surface area contributed by atoms with Crippen molar-refractivity contribution in [3.05, 3.63) is 73.7 Å². The number of carbonyl (C=O) groups excluding carboxylic acids is 1. The number of nitrogens with zero attached hydrogens (tertiary/aromatic N) is 2. The van der Waals surface area contributed by atoms with Crippen LogP contribution in [0.25, 0.3) is 22.0 Å². The number of H-pyrrole nitrogens is 1. The van der Waals surface area contributed by atoms with Crippen LogP contribution in [0.1, 0.15) is 21.9 Å². The average molecular weight is 621 g/mol. The first-order valence-corrected chi connectivity index (χ1v) is 12.1. The summed E-state index contributed by atoms with van der Waals surface area (Å²) >= 11 is 6.99. The number of nitrogens with one attached hydrogen (secondary N) is 2. The summed E-state index contributed by atoms with van der Waals surface area (Å²) in [4.78, 5) is 20.2. The minimum Gasteiger partial charge on any atom is -0.450 e. The molecule has 5 rings (SSSR count). The van der Waals surface area contributed by atoms with Crippen LogP contribution in [0.4, 0.5) is 0 Å². The second-order valence-corrected chi connectivity index (χ2v) is 10.0. The number of hydrogen-bond donors (Lipinski definition) is 2. The average Bonchev–Trinajstić information content (AvgIpc) is 3.46. The third kappa shape index (κ3) is 4.48. The number of halogens is 2. The van der Waals surface area contributed by atoms with Crippen LogP contribution in [0.15, 0.2) is 77.2 Å². The van der Waals surface area contributed by atoms with Crippen molar-refractivity contribution >= 4 is 84.4 Å². The highest BCUT2D eigenvalue weighted by atomic mass is 127. The predicted molar refractivity (Wildman–Crippen MR) is 135 cm³/mol. The van der Waals surface area contributed by atoms with Gasteiger partial charge in [0.2, 0.25) is 0 Å². The summed E-state index contributed by atoms with van der Waals surface area (Å²) in [5, 5.41) is 6.21. The van der Waals surface area contributed by atoms with Crippen LogP contribution in [-0.2, 0) is 0 Å². The number of amides is 1. The van der Waals surface area contributed by atoms with Crippen LogP contribution in [0, 0.1) is 10.5 Å². The van der Waals surface area contributed by atoms with Crippen molar-refractivity contribution < 1.29 is 13.6 Å². The Labute approximate surface area is 208 Å². The van der Waals surface area contributed by atoms with Crippen molar-refractivity contribution in [1.82, 2.24) is 15.4 Å². The van der Waals surface area contributed by atoms with Crippen molar-refractivity contribution in [1.29, 1.82) is 0 Å². The molecule has 0 unspecified atom stereocenters. The molecule has 3 heterocycles. The van der Waals surface area contributed by atoms with Gasteiger partial charge in [-0.1, -0.05) is 22.0 Å². The molecule has 2 N–H and O–H groups in total. The van der Waals surface area contributed by atoms with Crippen LogP contribution >= 0.6 is 50.3 Å². The SMILES string of the molecule is Cc1ccc2nc(Sc3ccc(/C=N\NC(=O)c4cc5cc(Br)cc(I)c5o4)o3)[nH]c2c1. The lowest BCUT2D eigenvalue weighted by Crippen LogP contribution is -2.16. The summed E-state index contributed by atoms with van der Waals surface area (Å²) in [6, 6.07) is 15.2. The Morgan fingerprint density at radius 2 is 2.09 bits per heavy atom. The van der Waals surface area contributed by atoms with Gasteiger partial charge in [-0.15, -0.1) is 0 Å². The molecular formula is C22H14BrIN4O3S. The molecular weight excluding hydrogens is 607 g/mol. The molecule has 32 heavy (non-hydrogen) atoms. The lowest BCUT2D eigenvalue weighted by molar-refractivity contribution is 0.0929. The maximum atomic E-state index is 12.4. The highest BCUT2D eigenvalue weighted by Crippen LogP contribution is 2.29. The van der Waals surface area contributed by atoms with Gasteiger partial charge in [0.1, 0.15) is 11.3 Å². The Hall–Kier alpha value is -2.57. The fourth-order valence-electron chi connectivity index (χ4n) is 3.10. The zero-order valence-corrected chi connectivity index (χ0v) is 21.0. The van der Waals surface area contributed by atoms with Gasteiger partial charge >= 0.3 is 5.91 Å². The first kappa shape index (κ1) is 21.3. The summed E-state index contributed by atoms with van der Waals surface area (Å²) in [6.07, 6.45) is 1.44. The number of furan rings is 2. The molecule has 0 aliphatic carbocycles. The van der Waals surface area contributed by atoms with E-state index in [1.807, 2.05) is 37.3 Å². The van der Waals surface area contributed by atoms with E-state index < -0.39 is 5.91 Å². The normalized spacial score (nSPS) is 11.7. The van der Waals surface area contributed by atoms with E-state index in [-0.39, 0.29) is 5.76 Å². The van der Waals surface area contributed by atoms with Crippen molar-refractivity contribution in [3.63, 3.8) is 0 Å². The number of hydrazone groups is 1. The lowest BCUT2D eigenvalue weighted by Gasteiger charge is -1.95. The molecule has 0 bridgehead atoms. The molecule has 0 aliphatic heterocycles. The lowest BCUT2D eigenvalue weighted by atomic mass is 10.2. The van der Waals surface area contributed by atoms with Crippen LogP contribution in [0.3, 0.4) is 0 Å². The highest BCUT2D eigenvalue weighted by Gasteiger charge is 2.14. The van der Waals surface area contributed by atoms with E-state index in [4.69, 9.17) is 8.83 Å². The number of aryl methyl sites for hydroxylation is 1. The number of aromatic nitrogens is 2. The van der Waals surface area contributed by atoms with Crippen LogP contribution in [-0.4, -0.2) is 22.1 Å². The molecule has 0 atom stereocenters. The van der Waals surface area contributed by atoms with Crippen molar-refractivity contribution in [2.45, 2.75) is 17.2 Å². The van der Waals surface area contributed by atoms with Crippen molar-refractivity contribution in [2.24, 2.45) is 5.10 Å². The van der Waals surface area contributed by atoms with Crippen LogP contribution < -0.4 is 5.43 Å². The number of hydrogen-bond acceptors (Lipinski definition) is 6. The number of carbonyl (C=O) groups is 1. The largest absolute Gasteiger partial charge is 0.450 e. The van der Waals surface area contributed by atoms with Gasteiger partial charge in [-0.3, -0.25) is 4.79 Å². The fraction of sp³-hybridized carbons (Fsp3) is 0.0455. The predicted octanol–water partition coefficient (Wildman–Crippen LogP) is 6.49. The molecule has 7 nitrogen and oxygen atoms in total. The van der Waals surface area contributed by atoms with E-state index in [1.165, 1.54) is 23.5 Å². The molecule has 0 spiro atoms. The van der Waals surface area contributed by atoms with Gasteiger partial charge in [0.05, 0.1) is 20.8 Å². The van der Waals surface area contributed by atoms with Crippen LogP contribution in [0.5, 0.6) is 0 Å². The Morgan fingerprint density at radius 3 is 2.97 bits per heavy atom. The summed E-state index contributed by atoms with van der Waals surface area (Å²) < 4.78 is 13.2. The standard InChI is InChI=1S/C22H14BrIN4O3S/c1-11-2-4-16-17(6-11)27-22(26-16)32-19-5-3-14(30-19)10-25-28-21(29)18-8-12-7-13(23)9-15(24)20(12)31-18/h2-10H,1H3,(H,26,27)(H,28,29)/b25-10-. The van der Waals surface area contributed by atoms with Gasteiger partial charge < -0.3 is 13.8 Å². The summed E-state index contributed by atoms with van der Waals surface area (Å²) in [7, 11) is 0. The van der Waals surface area contributed by atoms with Gasteiger partial charge in [0.15, 0.2) is 16.0 Å². The second-order valence-electron chi connectivity index (χ2n) is 6.94. The van der Waals surface area contributed by atoms with Crippen LogP contribution in [0.2, 0.25) is 0 Å². The van der Waals surface area contributed by atoms with Gasteiger partial charge in [-0.2, -0.15) is 5.10 Å². The number of rotatable bonds is 5. The Balaban J connectivity index is 1.24. The Morgan fingerprint density at radius 1 is 1.22 bits per heavy atom. The molecule has 0 fully saturated rings. The first-order valence-electron chi connectivity index (χ1n) is 9.41. The molecule has 1 amide bonds. The number of aromatic amines is 1. The van der Waals surface area contributed by atoms with E-state index in [2.05, 4.69) is 65.1 Å². The topological polar surface area (TPSA) is 96.4 Å². The fourth-order valence-corrected chi connectivity index (χ4v) is 5.53. The van der Waals surface area contributed by atoms with E-state index >= 15 is 0 Å². The Kier molecular flexibility index (Phi) is 5.82. The van der Waals surface area contributed by atoms with E-state index in [9.17, 15) is 4.79 Å². The number of fused-ring (bicyclic) bond motifs is 2. The number of benzene rings is 2. The zero-order valence-electron chi connectivity index (χ0n) is 16.5. The zero-order chi connectivity index (χ0) is 22.2. The van der Waals surface area contributed by atoms with E-state index in [0.717, 1.165) is 29.6 Å². The molecule has 0 saturated heterocycles.